The standard InChI is InChI=1S/C27H26N6O6/c1-16-22(11-13-38-16)24(34)30-32-26(36)28-20-7-3-18(4-8-20)15-19-5-9-21(10-6-19)29-27(37)33-31-25(35)23-12-14-39-17(23)2/h3-14H,15H2,1-2H3,(H,30,34)(H,31,35)(H2,28,32,36)(H2,29,33,37). The van der Waals surface area contributed by atoms with Crippen molar-refractivity contribution in [2.24, 2.45) is 0 Å². The number of amides is 6. The fraction of sp³-hybridized carbons (Fsp3) is 0.111. The van der Waals surface area contributed by atoms with Crippen LogP contribution >= 0.6 is 0 Å². The molecule has 0 aliphatic heterocycles. The van der Waals surface area contributed by atoms with Crippen LogP contribution in [-0.2, 0) is 6.42 Å². The lowest BCUT2D eigenvalue weighted by molar-refractivity contribution is 0.0929. The summed E-state index contributed by atoms with van der Waals surface area (Å²) in [4.78, 5) is 48.2. The van der Waals surface area contributed by atoms with Crippen molar-refractivity contribution in [1.29, 1.82) is 0 Å². The molecule has 200 valence electrons. The lowest BCUT2D eigenvalue weighted by Gasteiger charge is -2.10. The molecule has 0 fully saturated rings. The third-order valence-corrected chi connectivity index (χ3v) is 5.62. The molecule has 6 amide bonds. The molecule has 6 N–H and O–H groups in total. The molecule has 2 aromatic heterocycles. The molecule has 0 radical (unpaired) electrons. The van der Waals surface area contributed by atoms with Crippen LogP contribution < -0.4 is 32.3 Å². The van der Waals surface area contributed by atoms with Crippen molar-refractivity contribution in [2.75, 3.05) is 10.6 Å². The van der Waals surface area contributed by atoms with Crippen molar-refractivity contribution in [3.63, 3.8) is 0 Å². The number of benzene rings is 2. The fourth-order valence-electron chi connectivity index (χ4n) is 3.58. The van der Waals surface area contributed by atoms with Gasteiger partial charge in [-0.25, -0.2) is 20.4 Å². The summed E-state index contributed by atoms with van der Waals surface area (Å²) in [6.07, 6.45) is 3.41. The molecule has 12 nitrogen and oxygen atoms in total. The second kappa shape index (κ2) is 12.1. The van der Waals surface area contributed by atoms with Gasteiger partial charge in [-0.1, -0.05) is 24.3 Å². The van der Waals surface area contributed by atoms with E-state index in [-0.39, 0.29) is 0 Å². The number of urea groups is 2. The summed E-state index contributed by atoms with van der Waals surface area (Å²) in [5.41, 5.74) is 13.0. The van der Waals surface area contributed by atoms with Crippen LogP contribution in [0.5, 0.6) is 0 Å². The van der Waals surface area contributed by atoms with Crippen LogP contribution in [0.4, 0.5) is 21.0 Å². The Hall–Kier alpha value is -5.52. The van der Waals surface area contributed by atoms with E-state index in [0.717, 1.165) is 11.1 Å². The summed E-state index contributed by atoms with van der Waals surface area (Å²) in [6.45, 7) is 3.30. The van der Waals surface area contributed by atoms with Crippen molar-refractivity contribution < 1.29 is 28.0 Å². The van der Waals surface area contributed by atoms with Gasteiger partial charge < -0.3 is 19.5 Å². The van der Waals surface area contributed by atoms with Crippen molar-refractivity contribution in [3.05, 3.63) is 107 Å². The van der Waals surface area contributed by atoms with E-state index in [0.29, 0.717) is 40.4 Å². The average molecular weight is 531 g/mol. The predicted molar refractivity (Wildman–Crippen MR) is 142 cm³/mol. The number of furan rings is 2. The largest absolute Gasteiger partial charge is 0.469 e. The van der Waals surface area contributed by atoms with Crippen LogP contribution in [-0.4, -0.2) is 23.9 Å². The molecule has 12 heteroatoms. The highest BCUT2D eigenvalue weighted by Gasteiger charge is 2.13. The topological polar surface area (TPSA) is 167 Å². The van der Waals surface area contributed by atoms with Gasteiger partial charge in [0.25, 0.3) is 11.8 Å². The first-order chi connectivity index (χ1) is 18.8. The first-order valence-corrected chi connectivity index (χ1v) is 11.8. The Morgan fingerprint density at radius 2 is 0.949 bits per heavy atom. The lowest BCUT2D eigenvalue weighted by Crippen LogP contribution is -2.44. The maximum absolute atomic E-state index is 12.1. The van der Waals surface area contributed by atoms with Crippen LogP contribution in [0.2, 0.25) is 0 Å². The third-order valence-electron chi connectivity index (χ3n) is 5.62. The quantitative estimate of drug-likeness (QED) is 0.206. The minimum Gasteiger partial charge on any atom is -0.469 e. The molecule has 0 atom stereocenters. The van der Waals surface area contributed by atoms with Crippen molar-refractivity contribution in [2.45, 2.75) is 20.3 Å². The Labute approximate surface area is 223 Å². The van der Waals surface area contributed by atoms with Crippen molar-refractivity contribution in [3.8, 4) is 0 Å². The predicted octanol–water partition coefficient (Wildman–Crippen LogP) is 4.01. The molecule has 39 heavy (non-hydrogen) atoms. The van der Waals surface area contributed by atoms with Crippen LogP contribution in [0.3, 0.4) is 0 Å². The summed E-state index contributed by atoms with van der Waals surface area (Å²) in [5, 5.41) is 5.27. The Bertz CT molecular complexity index is 1360. The summed E-state index contributed by atoms with van der Waals surface area (Å²) < 4.78 is 10.1. The molecule has 0 saturated heterocycles. The zero-order valence-corrected chi connectivity index (χ0v) is 21.1. The summed E-state index contributed by atoms with van der Waals surface area (Å²) in [7, 11) is 0. The minimum atomic E-state index is -0.597. The number of nitrogens with one attached hydrogen (secondary N) is 6. The van der Waals surface area contributed by atoms with Crippen LogP contribution in [0, 0.1) is 13.8 Å². The highest BCUT2D eigenvalue weighted by Crippen LogP contribution is 2.16. The van der Waals surface area contributed by atoms with E-state index < -0.39 is 23.9 Å². The van der Waals surface area contributed by atoms with E-state index in [1.165, 1.54) is 24.7 Å². The van der Waals surface area contributed by atoms with Gasteiger partial charge in [0.1, 0.15) is 11.5 Å². The van der Waals surface area contributed by atoms with Gasteiger partial charge in [-0.3, -0.25) is 20.4 Å². The number of carbonyl (C=O) groups excluding carboxylic acids is 4. The van der Waals surface area contributed by atoms with Crippen molar-refractivity contribution >= 4 is 35.3 Å². The Kier molecular flexibility index (Phi) is 8.27. The van der Waals surface area contributed by atoms with Crippen LogP contribution in [0.25, 0.3) is 0 Å². The third kappa shape index (κ3) is 7.26. The zero-order chi connectivity index (χ0) is 27.8. The second-order valence-corrected chi connectivity index (χ2v) is 8.42. The zero-order valence-electron chi connectivity index (χ0n) is 21.1. The van der Waals surface area contributed by atoms with Crippen molar-refractivity contribution in [1.82, 2.24) is 21.7 Å². The number of hydrazine groups is 2. The van der Waals surface area contributed by atoms with Gasteiger partial charge in [0.15, 0.2) is 0 Å². The van der Waals surface area contributed by atoms with Gasteiger partial charge in [0.2, 0.25) is 0 Å². The van der Waals surface area contributed by atoms with E-state index in [9.17, 15) is 19.2 Å². The average Bonchev–Trinajstić information content (AvgIpc) is 3.56. The maximum atomic E-state index is 12.1. The summed E-state index contributed by atoms with van der Waals surface area (Å²) in [5.74, 6) is -0.0743. The highest BCUT2D eigenvalue weighted by molar-refractivity contribution is 5.98. The highest BCUT2D eigenvalue weighted by atomic mass is 16.3. The van der Waals surface area contributed by atoms with Crippen LogP contribution in [0.15, 0.2) is 82.0 Å². The van der Waals surface area contributed by atoms with E-state index in [1.807, 2.05) is 24.3 Å². The number of hydrogen-bond donors (Lipinski definition) is 6. The molecular formula is C27H26N6O6. The SMILES string of the molecule is Cc1occc1C(=O)NNC(=O)Nc1ccc(Cc2ccc(NC(=O)NNC(=O)c3ccoc3C)cc2)cc1. The van der Waals surface area contributed by atoms with Gasteiger partial charge in [-0.2, -0.15) is 0 Å². The van der Waals surface area contributed by atoms with Gasteiger partial charge >= 0.3 is 12.1 Å². The Morgan fingerprint density at radius 3 is 1.28 bits per heavy atom. The van der Waals surface area contributed by atoms with Gasteiger partial charge in [0, 0.05) is 11.4 Å². The number of rotatable bonds is 6. The van der Waals surface area contributed by atoms with Gasteiger partial charge in [-0.15, -0.1) is 0 Å². The molecule has 4 aromatic rings. The molecule has 0 unspecified atom stereocenters. The van der Waals surface area contributed by atoms with E-state index in [2.05, 4.69) is 32.3 Å². The molecule has 0 bridgehead atoms. The normalized spacial score (nSPS) is 10.3. The van der Waals surface area contributed by atoms with Crippen LogP contribution in [0.1, 0.15) is 43.4 Å². The van der Waals surface area contributed by atoms with E-state index >= 15 is 0 Å². The number of carbonyl (C=O) groups is 4. The maximum Gasteiger partial charge on any atom is 0.337 e. The molecule has 2 aromatic carbocycles. The molecule has 4 rings (SSSR count). The first-order valence-electron chi connectivity index (χ1n) is 11.8. The fourth-order valence-corrected chi connectivity index (χ4v) is 3.58. The monoisotopic (exact) mass is 530 g/mol. The molecule has 0 spiro atoms. The molecule has 0 saturated carbocycles. The number of hydrogen-bond acceptors (Lipinski definition) is 6. The van der Waals surface area contributed by atoms with Gasteiger partial charge in [-0.05, 0) is 67.8 Å². The Balaban J connectivity index is 1.20. The van der Waals surface area contributed by atoms with E-state index in [4.69, 9.17) is 8.83 Å². The smallest absolute Gasteiger partial charge is 0.337 e. The molecular weight excluding hydrogens is 504 g/mol. The Morgan fingerprint density at radius 1 is 0.564 bits per heavy atom. The molecule has 0 aliphatic carbocycles. The van der Waals surface area contributed by atoms with Gasteiger partial charge in [0.05, 0.1) is 23.7 Å². The summed E-state index contributed by atoms with van der Waals surface area (Å²) >= 11 is 0. The second-order valence-electron chi connectivity index (χ2n) is 8.42. The summed E-state index contributed by atoms with van der Waals surface area (Å²) in [6, 6.07) is 16.3. The molecule has 0 aliphatic rings. The minimum absolute atomic E-state index is 0.330. The first kappa shape index (κ1) is 26.5. The van der Waals surface area contributed by atoms with E-state index in [1.54, 1.807) is 38.1 Å². The number of aryl methyl sites for hydroxylation is 2. The lowest BCUT2D eigenvalue weighted by atomic mass is 10.0. The number of anilines is 2. The molecule has 2 heterocycles.